The Kier molecular flexibility index (Phi) is 4.65. The second-order valence-corrected chi connectivity index (χ2v) is 5.46. The van der Waals surface area contributed by atoms with Crippen molar-refractivity contribution in [1.82, 2.24) is 5.32 Å². The molecule has 0 saturated carbocycles. The number of rotatable bonds is 6. The van der Waals surface area contributed by atoms with Crippen LogP contribution in [0.1, 0.15) is 36.8 Å². The summed E-state index contributed by atoms with van der Waals surface area (Å²) in [5.41, 5.74) is 2.51. The first kappa shape index (κ1) is 13.4. The standard InChI is InChI=1S/C15H20ClNO/c1-11(10-16)5-4-8-17-15(18)14-9-12-6-2-3-7-13(12)14/h2-3,6-7,11,14H,4-5,8-10H2,1H3,(H,17,18). The zero-order chi connectivity index (χ0) is 13.0. The SMILES string of the molecule is CC(CCl)CCCNC(=O)C1Cc2ccccc21. The summed E-state index contributed by atoms with van der Waals surface area (Å²) in [7, 11) is 0. The van der Waals surface area contributed by atoms with Crippen LogP contribution in [0.3, 0.4) is 0 Å². The lowest BCUT2D eigenvalue weighted by atomic mass is 9.77. The highest BCUT2D eigenvalue weighted by molar-refractivity contribution is 6.18. The molecule has 98 valence electrons. The van der Waals surface area contributed by atoms with E-state index in [0.717, 1.165) is 25.8 Å². The highest BCUT2D eigenvalue weighted by atomic mass is 35.5. The molecule has 0 bridgehead atoms. The van der Waals surface area contributed by atoms with Crippen LogP contribution in [0.15, 0.2) is 24.3 Å². The van der Waals surface area contributed by atoms with Crippen LogP contribution in [0, 0.1) is 5.92 Å². The van der Waals surface area contributed by atoms with Crippen LogP contribution < -0.4 is 5.32 Å². The molecule has 0 saturated heterocycles. The maximum absolute atomic E-state index is 12.0. The lowest BCUT2D eigenvalue weighted by molar-refractivity contribution is -0.123. The molecule has 1 amide bonds. The molecule has 1 aromatic rings. The Morgan fingerprint density at radius 3 is 3.00 bits per heavy atom. The maximum atomic E-state index is 12.0. The Morgan fingerprint density at radius 1 is 1.50 bits per heavy atom. The number of nitrogens with one attached hydrogen (secondary N) is 1. The van der Waals surface area contributed by atoms with E-state index in [9.17, 15) is 4.79 Å². The maximum Gasteiger partial charge on any atom is 0.227 e. The Bertz CT molecular complexity index is 419. The fraction of sp³-hybridized carbons (Fsp3) is 0.533. The predicted molar refractivity (Wildman–Crippen MR) is 75.0 cm³/mol. The van der Waals surface area contributed by atoms with Gasteiger partial charge in [0, 0.05) is 12.4 Å². The zero-order valence-electron chi connectivity index (χ0n) is 10.8. The van der Waals surface area contributed by atoms with Gasteiger partial charge in [-0.3, -0.25) is 4.79 Å². The molecule has 1 aromatic carbocycles. The largest absolute Gasteiger partial charge is 0.356 e. The number of alkyl halides is 1. The quantitative estimate of drug-likeness (QED) is 0.622. The number of carbonyl (C=O) groups is 1. The van der Waals surface area contributed by atoms with Crippen LogP contribution in [0.5, 0.6) is 0 Å². The number of carbonyl (C=O) groups excluding carboxylic acids is 1. The second-order valence-electron chi connectivity index (χ2n) is 5.15. The van der Waals surface area contributed by atoms with Crippen LogP contribution in [0.2, 0.25) is 0 Å². The van der Waals surface area contributed by atoms with Crippen molar-refractivity contribution in [2.75, 3.05) is 12.4 Å². The van der Waals surface area contributed by atoms with Gasteiger partial charge < -0.3 is 5.32 Å². The van der Waals surface area contributed by atoms with E-state index >= 15 is 0 Å². The fourth-order valence-corrected chi connectivity index (χ4v) is 2.51. The van der Waals surface area contributed by atoms with Gasteiger partial charge in [-0.25, -0.2) is 0 Å². The summed E-state index contributed by atoms with van der Waals surface area (Å²) >= 11 is 5.74. The van der Waals surface area contributed by atoms with Gasteiger partial charge in [0.2, 0.25) is 5.91 Å². The smallest absolute Gasteiger partial charge is 0.227 e. The van der Waals surface area contributed by atoms with Crippen LogP contribution in [-0.2, 0) is 11.2 Å². The van der Waals surface area contributed by atoms with Crippen molar-refractivity contribution in [1.29, 1.82) is 0 Å². The van der Waals surface area contributed by atoms with Crippen molar-refractivity contribution >= 4 is 17.5 Å². The van der Waals surface area contributed by atoms with E-state index in [1.54, 1.807) is 0 Å². The molecular weight excluding hydrogens is 246 g/mol. The monoisotopic (exact) mass is 265 g/mol. The lowest BCUT2D eigenvalue weighted by Crippen LogP contribution is -2.36. The first-order valence-electron chi connectivity index (χ1n) is 6.64. The van der Waals surface area contributed by atoms with E-state index in [-0.39, 0.29) is 11.8 Å². The predicted octanol–water partition coefficient (Wildman–Crippen LogP) is 3.10. The van der Waals surface area contributed by atoms with Crippen molar-refractivity contribution in [3.05, 3.63) is 35.4 Å². The van der Waals surface area contributed by atoms with E-state index in [4.69, 9.17) is 11.6 Å². The summed E-state index contributed by atoms with van der Waals surface area (Å²) in [6.45, 7) is 2.90. The van der Waals surface area contributed by atoms with E-state index < -0.39 is 0 Å². The molecule has 18 heavy (non-hydrogen) atoms. The third kappa shape index (κ3) is 3.05. The van der Waals surface area contributed by atoms with Crippen LogP contribution in [0.25, 0.3) is 0 Å². The van der Waals surface area contributed by atoms with Crippen molar-refractivity contribution in [3.8, 4) is 0 Å². The topological polar surface area (TPSA) is 29.1 Å². The molecule has 1 aliphatic rings. The molecule has 1 N–H and O–H groups in total. The van der Waals surface area contributed by atoms with Crippen molar-refractivity contribution in [2.24, 2.45) is 5.92 Å². The van der Waals surface area contributed by atoms with E-state index in [1.165, 1.54) is 11.1 Å². The minimum Gasteiger partial charge on any atom is -0.356 e. The Balaban J connectivity index is 1.71. The number of fused-ring (bicyclic) bond motifs is 1. The average molecular weight is 266 g/mol. The van der Waals surface area contributed by atoms with E-state index in [0.29, 0.717) is 11.8 Å². The molecule has 0 spiro atoms. The van der Waals surface area contributed by atoms with Crippen LogP contribution in [-0.4, -0.2) is 18.3 Å². The summed E-state index contributed by atoms with van der Waals surface area (Å²) in [4.78, 5) is 12.0. The molecule has 3 heteroatoms. The van der Waals surface area contributed by atoms with Crippen LogP contribution in [0.4, 0.5) is 0 Å². The average Bonchev–Trinajstić information content (AvgIpc) is 2.36. The second kappa shape index (κ2) is 6.24. The summed E-state index contributed by atoms with van der Waals surface area (Å²) in [5.74, 6) is 1.48. The van der Waals surface area contributed by atoms with Crippen molar-refractivity contribution in [3.63, 3.8) is 0 Å². The molecule has 0 heterocycles. The van der Waals surface area contributed by atoms with Gasteiger partial charge >= 0.3 is 0 Å². The van der Waals surface area contributed by atoms with Gasteiger partial charge in [0.1, 0.15) is 0 Å². The summed E-state index contributed by atoms with van der Waals surface area (Å²) in [6.07, 6.45) is 2.97. The molecule has 0 aromatic heterocycles. The van der Waals surface area contributed by atoms with Gasteiger partial charge in [0.05, 0.1) is 5.92 Å². The fourth-order valence-electron chi connectivity index (χ4n) is 2.36. The summed E-state index contributed by atoms with van der Waals surface area (Å²) in [5, 5.41) is 3.02. The van der Waals surface area contributed by atoms with Crippen molar-refractivity contribution < 1.29 is 4.79 Å². The van der Waals surface area contributed by atoms with Crippen LogP contribution >= 0.6 is 11.6 Å². The van der Waals surface area contributed by atoms with Gasteiger partial charge in [-0.05, 0) is 36.3 Å². The zero-order valence-corrected chi connectivity index (χ0v) is 11.5. The lowest BCUT2D eigenvalue weighted by Gasteiger charge is -2.28. The summed E-state index contributed by atoms with van der Waals surface area (Å²) in [6, 6.07) is 8.18. The van der Waals surface area contributed by atoms with Crippen molar-refractivity contribution in [2.45, 2.75) is 32.1 Å². The van der Waals surface area contributed by atoms with E-state index in [2.05, 4.69) is 24.4 Å². The van der Waals surface area contributed by atoms with Gasteiger partial charge in [-0.2, -0.15) is 0 Å². The van der Waals surface area contributed by atoms with E-state index in [1.807, 2.05) is 12.1 Å². The number of benzene rings is 1. The number of hydrogen-bond donors (Lipinski definition) is 1. The molecule has 2 nitrogen and oxygen atoms in total. The number of halogens is 1. The molecule has 2 rings (SSSR count). The molecule has 2 unspecified atom stereocenters. The minimum atomic E-state index is 0.0756. The Hall–Kier alpha value is -1.02. The number of amides is 1. The summed E-state index contributed by atoms with van der Waals surface area (Å²) < 4.78 is 0. The van der Waals surface area contributed by atoms with Gasteiger partial charge in [-0.15, -0.1) is 11.6 Å². The first-order valence-corrected chi connectivity index (χ1v) is 7.17. The van der Waals surface area contributed by atoms with Gasteiger partial charge in [0.15, 0.2) is 0 Å². The first-order chi connectivity index (χ1) is 8.72. The minimum absolute atomic E-state index is 0.0756. The number of hydrogen-bond acceptors (Lipinski definition) is 1. The third-order valence-corrected chi connectivity index (χ3v) is 4.13. The highest BCUT2D eigenvalue weighted by Crippen LogP contribution is 2.34. The molecular formula is C15H20ClNO. The molecule has 0 aliphatic heterocycles. The molecule has 0 fully saturated rings. The Morgan fingerprint density at radius 2 is 2.28 bits per heavy atom. The molecule has 2 atom stereocenters. The molecule has 0 radical (unpaired) electrons. The van der Waals surface area contributed by atoms with Gasteiger partial charge in [-0.1, -0.05) is 31.2 Å². The normalized spacial score (nSPS) is 18.7. The third-order valence-electron chi connectivity index (χ3n) is 3.61. The molecule has 1 aliphatic carbocycles. The van der Waals surface area contributed by atoms with Gasteiger partial charge in [0.25, 0.3) is 0 Å². The highest BCUT2D eigenvalue weighted by Gasteiger charge is 2.31. The Labute approximate surface area is 114 Å².